The summed E-state index contributed by atoms with van der Waals surface area (Å²) in [6.07, 6.45) is 5.29. The van der Waals surface area contributed by atoms with Crippen LogP contribution in [0.1, 0.15) is 35.9 Å². The lowest BCUT2D eigenvalue weighted by molar-refractivity contribution is -0.137. The number of hydrogen-bond acceptors (Lipinski definition) is 4. The molecule has 2 N–H and O–H groups in total. The van der Waals surface area contributed by atoms with Crippen molar-refractivity contribution in [2.24, 2.45) is 5.92 Å². The Morgan fingerprint density at radius 2 is 2.15 bits per heavy atom. The van der Waals surface area contributed by atoms with Crippen LogP contribution in [0.3, 0.4) is 0 Å². The first-order valence-electron chi connectivity index (χ1n) is 9.44. The van der Waals surface area contributed by atoms with E-state index in [0.717, 1.165) is 24.4 Å². The normalized spacial score (nSPS) is 22.7. The molecule has 1 aromatic heterocycles. The lowest BCUT2D eigenvalue weighted by Crippen LogP contribution is -2.66. The first-order chi connectivity index (χ1) is 13.0. The number of carbonyl (C=O) groups excluding carboxylic acids is 2. The lowest BCUT2D eigenvalue weighted by atomic mass is 9.92. The summed E-state index contributed by atoms with van der Waals surface area (Å²) >= 11 is 0. The largest absolute Gasteiger partial charge is 0.361 e. The van der Waals surface area contributed by atoms with Gasteiger partial charge in [0.2, 0.25) is 5.91 Å². The molecule has 2 aliphatic heterocycles. The van der Waals surface area contributed by atoms with Crippen LogP contribution in [-0.2, 0) is 11.3 Å². The maximum absolute atomic E-state index is 13.0. The molecule has 2 unspecified atom stereocenters. The van der Waals surface area contributed by atoms with Gasteiger partial charge in [0, 0.05) is 31.2 Å². The van der Waals surface area contributed by atoms with Crippen molar-refractivity contribution in [3.8, 4) is 0 Å². The molecule has 1 spiro atoms. The molecule has 142 valence electrons. The zero-order valence-corrected chi connectivity index (χ0v) is 15.7. The van der Waals surface area contributed by atoms with E-state index in [-0.39, 0.29) is 17.7 Å². The number of aryl methyl sites for hydroxylation is 1. The number of aromatic nitrogens is 2. The number of hydrogen-bond donors (Lipinski definition) is 2. The van der Waals surface area contributed by atoms with Gasteiger partial charge in [-0.05, 0) is 31.9 Å². The first-order valence-corrected chi connectivity index (χ1v) is 9.44. The number of rotatable bonds is 3. The van der Waals surface area contributed by atoms with Crippen LogP contribution >= 0.6 is 0 Å². The molecule has 2 amide bonds. The number of nitrogens with one attached hydrogen (secondary N) is 2. The second-order valence-corrected chi connectivity index (χ2v) is 7.60. The third-order valence-electron chi connectivity index (χ3n) is 5.52. The molecule has 7 nitrogen and oxygen atoms in total. The van der Waals surface area contributed by atoms with Crippen LogP contribution in [0.4, 0.5) is 5.69 Å². The number of fused-ring (bicyclic) bond motifs is 1. The maximum Gasteiger partial charge on any atom is 0.255 e. The van der Waals surface area contributed by atoms with Gasteiger partial charge in [0.25, 0.3) is 5.91 Å². The third-order valence-corrected chi connectivity index (χ3v) is 5.52. The minimum atomic E-state index is -0.593. The molecule has 2 atom stereocenters. The molecule has 1 fully saturated rings. The maximum atomic E-state index is 13.0. The monoisotopic (exact) mass is 367 g/mol. The summed E-state index contributed by atoms with van der Waals surface area (Å²) in [6, 6.07) is 7.50. The quantitative estimate of drug-likeness (QED) is 0.870. The number of carbonyl (C=O) groups is 2. The molecule has 4 rings (SSSR count). The highest BCUT2D eigenvalue weighted by Gasteiger charge is 2.42. The number of piperidine rings is 1. The Kier molecular flexibility index (Phi) is 4.37. The standard InChI is InChI=1S/C20H25N5O2/c1-14(12-24-11-9-21-15(24)2)19(27)25-10-5-8-20(13-25)22-17-7-4-3-6-16(17)18(26)23-20/h3-4,6-7,9,11,14,22H,5,8,10,12-13H2,1-2H3,(H,23,26). The molecule has 0 bridgehead atoms. The minimum absolute atomic E-state index is 0.0827. The van der Waals surface area contributed by atoms with Crippen LogP contribution < -0.4 is 10.6 Å². The SMILES string of the molecule is Cc1nccn1CC(C)C(=O)N1CCCC2(C1)NC(=O)c1ccccc1N2. The fourth-order valence-corrected chi connectivity index (χ4v) is 4.09. The van der Waals surface area contributed by atoms with Gasteiger partial charge in [-0.2, -0.15) is 0 Å². The van der Waals surface area contributed by atoms with E-state index in [0.29, 0.717) is 25.2 Å². The van der Waals surface area contributed by atoms with E-state index in [1.165, 1.54) is 0 Å². The van der Waals surface area contributed by atoms with Crippen LogP contribution in [-0.4, -0.2) is 45.0 Å². The molecule has 27 heavy (non-hydrogen) atoms. The van der Waals surface area contributed by atoms with E-state index < -0.39 is 5.66 Å². The Bertz CT molecular complexity index is 877. The van der Waals surface area contributed by atoms with E-state index in [4.69, 9.17) is 0 Å². The van der Waals surface area contributed by atoms with Gasteiger partial charge in [-0.1, -0.05) is 19.1 Å². The van der Waals surface area contributed by atoms with E-state index in [1.54, 1.807) is 6.20 Å². The third kappa shape index (κ3) is 3.29. The highest BCUT2D eigenvalue weighted by Crippen LogP contribution is 2.31. The molecule has 1 aromatic carbocycles. The molecule has 0 aliphatic carbocycles. The average molecular weight is 367 g/mol. The average Bonchev–Trinajstić information content (AvgIpc) is 3.05. The predicted octanol–water partition coefficient (Wildman–Crippen LogP) is 2.00. The van der Waals surface area contributed by atoms with E-state index in [1.807, 2.05) is 53.8 Å². The number of benzene rings is 1. The van der Waals surface area contributed by atoms with E-state index in [2.05, 4.69) is 15.6 Å². The van der Waals surface area contributed by atoms with Gasteiger partial charge in [-0.3, -0.25) is 9.59 Å². The topological polar surface area (TPSA) is 79.3 Å². The Labute approximate surface area is 158 Å². The van der Waals surface area contributed by atoms with Crippen molar-refractivity contribution in [3.05, 3.63) is 48.0 Å². The minimum Gasteiger partial charge on any atom is -0.361 e. The lowest BCUT2D eigenvalue weighted by Gasteiger charge is -2.47. The van der Waals surface area contributed by atoms with Crippen LogP contribution in [0.2, 0.25) is 0 Å². The van der Waals surface area contributed by atoms with Gasteiger partial charge in [0.05, 0.1) is 18.0 Å². The van der Waals surface area contributed by atoms with Crippen LogP contribution in [0, 0.1) is 12.8 Å². The number of para-hydroxylation sites is 1. The first kappa shape index (κ1) is 17.6. The van der Waals surface area contributed by atoms with Gasteiger partial charge >= 0.3 is 0 Å². The van der Waals surface area contributed by atoms with Crippen molar-refractivity contribution in [3.63, 3.8) is 0 Å². The van der Waals surface area contributed by atoms with E-state index in [9.17, 15) is 9.59 Å². The van der Waals surface area contributed by atoms with Crippen molar-refractivity contribution in [1.82, 2.24) is 19.8 Å². The number of amides is 2. The molecule has 1 saturated heterocycles. The highest BCUT2D eigenvalue weighted by molar-refractivity contribution is 6.02. The summed E-state index contributed by atoms with van der Waals surface area (Å²) in [6.45, 7) is 5.68. The number of imidazole rings is 1. The second-order valence-electron chi connectivity index (χ2n) is 7.60. The molecule has 0 radical (unpaired) electrons. The summed E-state index contributed by atoms with van der Waals surface area (Å²) in [5.41, 5.74) is 0.887. The van der Waals surface area contributed by atoms with Crippen molar-refractivity contribution in [2.75, 3.05) is 18.4 Å². The van der Waals surface area contributed by atoms with Crippen molar-refractivity contribution >= 4 is 17.5 Å². The molecule has 2 aromatic rings. The van der Waals surface area contributed by atoms with Crippen molar-refractivity contribution < 1.29 is 9.59 Å². The predicted molar refractivity (Wildman–Crippen MR) is 102 cm³/mol. The van der Waals surface area contributed by atoms with Gasteiger partial charge in [0.1, 0.15) is 11.5 Å². The van der Waals surface area contributed by atoms with E-state index >= 15 is 0 Å². The van der Waals surface area contributed by atoms with Crippen LogP contribution in [0.25, 0.3) is 0 Å². The Balaban J connectivity index is 1.49. The molecule has 7 heteroatoms. The zero-order valence-electron chi connectivity index (χ0n) is 15.7. The highest BCUT2D eigenvalue weighted by atomic mass is 16.2. The Hall–Kier alpha value is -2.83. The summed E-state index contributed by atoms with van der Waals surface area (Å²) in [4.78, 5) is 31.7. The molecular weight excluding hydrogens is 342 g/mol. The number of nitrogens with zero attached hydrogens (tertiary/aromatic N) is 3. The number of anilines is 1. The molecule has 3 heterocycles. The molecular formula is C20H25N5O2. The summed E-state index contributed by atoms with van der Waals surface area (Å²) in [5, 5.41) is 6.59. The van der Waals surface area contributed by atoms with Gasteiger partial charge in [0.15, 0.2) is 0 Å². The fourth-order valence-electron chi connectivity index (χ4n) is 4.09. The summed E-state index contributed by atoms with van der Waals surface area (Å²) in [7, 11) is 0. The van der Waals surface area contributed by atoms with Gasteiger partial charge < -0.3 is 20.1 Å². The van der Waals surface area contributed by atoms with Gasteiger partial charge in [-0.15, -0.1) is 0 Å². The fraction of sp³-hybridized carbons (Fsp3) is 0.450. The Morgan fingerprint density at radius 1 is 1.33 bits per heavy atom. The van der Waals surface area contributed by atoms with Crippen LogP contribution in [0.15, 0.2) is 36.7 Å². The molecule has 2 aliphatic rings. The summed E-state index contributed by atoms with van der Waals surface area (Å²) in [5.74, 6) is 0.778. The number of likely N-dealkylation sites (tertiary alicyclic amines) is 1. The summed E-state index contributed by atoms with van der Waals surface area (Å²) < 4.78 is 2.00. The zero-order chi connectivity index (χ0) is 19.0. The van der Waals surface area contributed by atoms with Crippen molar-refractivity contribution in [2.45, 2.75) is 38.9 Å². The van der Waals surface area contributed by atoms with Crippen LogP contribution in [0.5, 0.6) is 0 Å². The second kappa shape index (κ2) is 6.72. The van der Waals surface area contributed by atoms with Crippen molar-refractivity contribution in [1.29, 1.82) is 0 Å². The molecule has 0 saturated carbocycles. The smallest absolute Gasteiger partial charge is 0.255 e. The van der Waals surface area contributed by atoms with Gasteiger partial charge in [-0.25, -0.2) is 4.98 Å². The Morgan fingerprint density at radius 3 is 2.93 bits per heavy atom.